The Hall–Kier alpha value is -4.23. The van der Waals surface area contributed by atoms with Crippen LogP contribution in [0.4, 0.5) is 25.0 Å². The van der Waals surface area contributed by atoms with E-state index in [1.807, 2.05) is 6.92 Å². The van der Waals surface area contributed by atoms with Gasteiger partial charge >= 0.3 is 6.03 Å². The maximum atomic E-state index is 13.6. The van der Waals surface area contributed by atoms with Crippen LogP contribution in [0.2, 0.25) is 0 Å². The number of ether oxygens (including phenoxy) is 1. The zero-order chi connectivity index (χ0) is 30.6. The molecule has 3 N–H and O–H groups in total. The van der Waals surface area contributed by atoms with Crippen LogP contribution in [-0.2, 0) is 10.0 Å². The summed E-state index contributed by atoms with van der Waals surface area (Å²) in [6.07, 6.45) is -0.601. The summed E-state index contributed by atoms with van der Waals surface area (Å²) in [6, 6.07) is 12.9. The molecule has 10 nitrogen and oxygen atoms in total. The highest BCUT2D eigenvalue weighted by Crippen LogP contribution is 2.31. The van der Waals surface area contributed by atoms with Crippen molar-refractivity contribution in [2.45, 2.75) is 30.9 Å². The van der Waals surface area contributed by atoms with Crippen LogP contribution in [0, 0.1) is 17.6 Å². The number of carbonyl (C=O) groups is 2. The van der Waals surface area contributed by atoms with Crippen LogP contribution >= 0.6 is 0 Å². The molecule has 0 aliphatic carbocycles. The van der Waals surface area contributed by atoms with Gasteiger partial charge in [-0.15, -0.1) is 0 Å². The summed E-state index contributed by atoms with van der Waals surface area (Å²) < 4.78 is 60.9. The fourth-order valence-electron chi connectivity index (χ4n) is 4.44. The van der Waals surface area contributed by atoms with Crippen molar-refractivity contribution in [3.05, 3.63) is 83.9 Å². The maximum Gasteiger partial charge on any atom is 0.321 e. The second-order valence-corrected chi connectivity index (χ2v) is 11.9. The molecule has 3 aromatic carbocycles. The lowest BCUT2D eigenvalue weighted by Gasteiger charge is -2.38. The van der Waals surface area contributed by atoms with Gasteiger partial charge < -0.3 is 25.0 Å². The number of hydrogen-bond acceptors (Lipinski definition) is 6. The number of fused-ring (bicyclic) bond motifs is 1. The molecule has 224 valence electrons. The topological polar surface area (TPSA) is 128 Å². The Morgan fingerprint density at radius 3 is 2.29 bits per heavy atom. The van der Waals surface area contributed by atoms with E-state index in [1.165, 1.54) is 52.3 Å². The number of sulfonamides is 1. The molecule has 1 aliphatic rings. The van der Waals surface area contributed by atoms with E-state index in [2.05, 4.69) is 10.0 Å². The van der Waals surface area contributed by atoms with Gasteiger partial charge in [-0.1, -0.05) is 6.92 Å². The van der Waals surface area contributed by atoms with Gasteiger partial charge in [0.25, 0.3) is 15.9 Å². The number of aliphatic hydroxyl groups excluding tert-OH is 1. The molecule has 0 saturated carbocycles. The molecule has 13 heteroatoms. The van der Waals surface area contributed by atoms with Crippen LogP contribution in [0.15, 0.2) is 71.6 Å². The molecule has 0 radical (unpaired) electrons. The molecule has 1 aliphatic heterocycles. The normalized spacial score (nSPS) is 17.8. The van der Waals surface area contributed by atoms with Crippen molar-refractivity contribution in [3.8, 4) is 5.75 Å². The van der Waals surface area contributed by atoms with Gasteiger partial charge in [-0.25, -0.2) is 22.0 Å². The van der Waals surface area contributed by atoms with E-state index >= 15 is 0 Å². The first-order valence-electron chi connectivity index (χ1n) is 13.2. The van der Waals surface area contributed by atoms with Crippen LogP contribution in [0.5, 0.6) is 5.75 Å². The quantitative estimate of drug-likeness (QED) is 0.356. The van der Waals surface area contributed by atoms with Gasteiger partial charge in [0.1, 0.15) is 23.5 Å². The average molecular weight is 603 g/mol. The number of carbonyl (C=O) groups excluding carboxylic acids is 2. The number of aliphatic hydroxyl groups is 1. The van der Waals surface area contributed by atoms with E-state index in [0.717, 1.165) is 24.3 Å². The van der Waals surface area contributed by atoms with Gasteiger partial charge in [0.15, 0.2) is 0 Å². The van der Waals surface area contributed by atoms with Crippen LogP contribution < -0.4 is 14.8 Å². The predicted molar refractivity (Wildman–Crippen MR) is 153 cm³/mol. The highest BCUT2D eigenvalue weighted by Gasteiger charge is 2.34. The highest BCUT2D eigenvalue weighted by molar-refractivity contribution is 7.92. The Bertz CT molecular complexity index is 1540. The molecule has 0 saturated heterocycles. The summed E-state index contributed by atoms with van der Waals surface area (Å²) in [5.41, 5.74) is 0.548. The fraction of sp³-hybridized carbons (Fsp3) is 0.310. The molecule has 0 fully saturated rings. The maximum absolute atomic E-state index is 13.6. The summed E-state index contributed by atoms with van der Waals surface area (Å²) in [6.45, 7) is 3.53. The minimum atomic E-state index is -4.09. The van der Waals surface area contributed by atoms with E-state index in [9.17, 15) is 31.9 Å². The first kappa shape index (κ1) is 30.7. The second kappa shape index (κ2) is 12.7. The third-order valence-corrected chi connectivity index (χ3v) is 8.33. The number of urea groups is 1. The molecule has 42 heavy (non-hydrogen) atoms. The number of nitrogens with one attached hydrogen (secondary N) is 2. The Morgan fingerprint density at radius 2 is 1.67 bits per heavy atom. The molecular formula is C29H32F2N4O6S. The molecule has 0 spiro atoms. The van der Waals surface area contributed by atoms with Crippen molar-refractivity contribution in [2.24, 2.45) is 5.92 Å². The van der Waals surface area contributed by atoms with Crippen LogP contribution in [-0.4, -0.2) is 74.2 Å². The lowest BCUT2D eigenvalue weighted by Crippen LogP contribution is -2.50. The third-order valence-electron chi connectivity index (χ3n) is 6.94. The Morgan fingerprint density at radius 1 is 1.07 bits per heavy atom. The SMILES string of the molecule is C[C@@H]1CN([C@@H](C)CO)C(=O)c2cc(NS(=O)(=O)c3ccc(F)cc3)ccc2O[C@@H]1CN(C)C(=O)Nc1ccc(F)cc1. The summed E-state index contributed by atoms with van der Waals surface area (Å²) >= 11 is 0. The zero-order valence-electron chi connectivity index (χ0n) is 23.3. The lowest BCUT2D eigenvalue weighted by molar-refractivity contribution is 0.0371. The largest absolute Gasteiger partial charge is 0.487 e. The third kappa shape index (κ3) is 7.15. The molecule has 0 unspecified atom stereocenters. The number of hydrogen-bond donors (Lipinski definition) is 3. The fourth-order valence-corrected chi connectivity index (χ4v) is 5.49. The number of amides is 3. The van der Waals surface area contributed by atoms with Gasteiger partial charge in [-0.2, -0.15) is 0 Å². The van der Waals surface area contributed by atoms with Crippen LogP contribution in [0.1, 0.15) is 24.2 Å². The number of nitrogens with zero attached hydrogens (tertiary/aromatic N) is 2. The Kier molecular flexibility index (Phi) is 9.32. The van der Waals surface area contributed by atoms with Gasteiger partial charge in [0, 0.05) is 30.9 Å². The van der Waals surface area contributed by atoms with Gasteiger partial charge in [-0.05, 0) is 73.7 Å². The molecule has 4 rings (SSSR count). The van der Waals surface area contributed by atoms with Crippen LogP contribution in [0.25, 0.3) is 0 Å². The summed E-state index contributed by atoms with van der Waals surface area (Å²) in [5.74, 6) is -1.60. The van der Waals surface area contributed by atoms with E-state index in [4.69, 9.17) is 4.74 Å². The average Bonchev–Trinajstić information content (AvgIpc) is 2.96. The molecule has 3 aromatic rings. The highest BCUT2D eigenvalue weighted by atomic mass is 32.2. The number of rotatable bonds is 8. The number of benzene rings is 3. The second-order valence-electron chi connectivity index (χ2n) is 10.2. The van der Waals surface area contributed by atoms with E-state index in [-0.39, 0.29) is 47.5 Å². The summed E-state index contributed by atoms with van der Waals surface area (Å²) in [4.78, 5) is 29.2. The monoisotopic (exact) mass is 602 g/mol. The van der Waals surface area contributed by atoms with Gasteiger partial charge in [0.05, 0.1) is 29.7 Å². The predicted octanol–water partition coefficient (Wildman–Crippen LogP) is 4.15. The van der Waals surface area contributed by atoms with Crippen molar-refractivity contribution >= 4 is 33.3 Å². The smallest absolute Gasteiger partial charge is 0.321 e. The number of anilines is 2. The van der Waals surface area contributed by atoms with E-state index in [0.29, 0.717) is 5.69 Å². The molecule has 0 aromatic heterocycles. The molecule has 3 amide bonds. The zero-order valence-corrected chi connectivity index (χ0v) is 24.1. The van der Waals surface area contributed by atoms with Gasteiger partial charge in [-0.3, -0.25) is 9.52 Å². The van der Waals surface area contributed by atoms with Crippen molar-refractivity contribution < 1.29 is 36.6 Å². The van der Waals surface area contributed by atoms with Crippen molar-refractivity contribution in [1.82, 2.24) is 9.80 Å². The first-order valence-corrected chi connectivity index (χ1v) is 14.6. The standard InChI is InChI=1S/C29H32F2N4O6S/c1-18-15-35(19(2)17-36)28(37)25-14-23(33-42(39,40)24-11-6-21(31)7-12-24)10-13-26(25)41-27(18)16-34(3)29(38)32-22-8-4-20(30)5-9-22/h4-14,18-19,27,33,36H,15-17H2,1-3H3,(H,32,38)/t18-,19+,27-/m1/s1. The summed E-state index contributed by atoms with van der Waals surface area (Å²) in [7, 11) is -2.52. The van der Waals surface area contributed by atoms with Crippen LogP contribution in [0.3, 0.4) is 0 Å². The Labute approximate surface area is 242 Å². The molecule has 1 heterocycles. The minimum absolute atomic E-state index is 0.0601. The first-order chi connectivity index (χ1) is 19.9. The molecular weight excluding hydrogens is 570 g/mol. The van der Waals surface area contributed by atoms with Crippen molar-refractivity contribution in [1.29, 1.82) is 0 Å². The Balaban J connectivity index is 1.61. The van der Waals surface area contributed by atoms with E-state index < -0.39 is 45.7 Å². The van der Waals surface area contributed by atoms with Crippen molar-refractivity contribution in [3.63, 3.8) is 0 Å². The van der Waals surface area contributed by atoms with Crippen molar-refractivity contribution in [2.75, 3.05) is 36.8 Å². The number of halogens is 2. The molecule has 3 atom stereocenters. The lowest BCUT2D eigenvalue weighted by atomic mass is 9.99. The molecule has 0 bridgehead atoms. The van der Waals surface area contributed by atoms with E-state index in [1.54, 1.807) is 14.0 Å². The summed E-state index contributed by atoms with van der Waals surface area (Å²) in [5, 5.41) is 12.6. The minimum Gasteiger partial charge on any atom is -0.487 e. The van der Waals surface area contributed by atoms with Gasteiger partial charge in [0.2, 0.25) is 0 Å². The number of likely N-dealkylation sites (N-methyl/N-ethyl adjacent to an activating group) is 1.